The maximum Gasteiger partial charge on any atom is 0.0579 e. The van der Waals surface area contributed by atoms with Crippen LogP contribution in [0.15, 0.2) is 49.1 Å². The van der Waals surface area contributed by atoms with Crippen molar-refractivity contribution in [3.8, 4) is 0 Å². The van der Waals surface area contributed by atoms with Crippen molar-refractivity contribution in [2.24, 2.45) is 0 Å². The third kappa shape index (κ3) is 3.15. The van der Waals surface area contributed by atoms with E-state index in [1.54, 1.807) is 0 Å². The van der Waals surface area contributed by atoms with Crippen LogP contribution in [0.5, 0.6) is 0 Å². The molecule has 3 heteroatoms. The zero-order valence-electron chi connectivity index (χ0n) is 11.9. The van der Waals surface area contributed by atoms with Gasteiger partial charge in [-0.05, 0) is 49.9 Å². The van der Waals surface area contributed by atoms with Crippen LogP contribution >= 0.6 is 0 Å². The van der Waals surface area contributed by atoms with Crippen molar-refractivity contribution >= 4 is 0 Å². The molecule has 1 saturated carbocycles. The molecule has 108 valence electrons. The van der Waals surface area contributed by atoms with Gasteiger partial charge in [-0.2, -0.15) is 0 Å². The van der Waals surface area contributed by atoms with Gasteiger partial charge in [0.1, 0.15) is 0 Å². The van der Waals surface area contributed by atoms with Crippen LogP contribution in [0.1, 0.15) is 50.6 Å². The Balaban J connectivity index is 1.70. The van der Waals surface area contributed by atoms with Crippen LogP contribution < -0.4 is 0 Å². The highest BCUT2D eigenvalue weighted by molar-refractivity contribution is 4.96. The van der Waals surface area contributed by atoms with Crippen molar-refractivity contribution in [2.45, 2.75) is 56.7 Å². The monoisotopic (exact) mass is 272 g/mol. The van der Waals surface area contributed by atoms with Crippen LogP contribution in [0.2, 0.25) is 0 Å². The molecule has 1 aliphatic carbocycles. The molecule has 20 heavy (non-hydrogen) atoms. The van der Waals surface area contributed by atoms with Crippen LogP contribution in [-0.4, -0.2) is 20.3 Å². The normalized spacial score (nSPS) is 28.6. The molecule has 0 spiro atoms. The molecule has 2 atom stereocenters. The zero-order chi connectivity index (χ0) is 13.8. The Morgan fingerprint density at radius 1 is 0.700 bits per heavy atom. The summed E-state index contributed by atoms with van der Waals surface area (Å²) < 4.78 is 4.53. The molecule has 3 nitrogen and oxygen atoms in total. The van der Waals surface area contributed by atoms with Crippen LogP contribution in [-0.2, 0) is 0 Å². The third-order valence-corrected chi connectivity index (χ3v) is 4.51. The molecule has 0 bridgehead atoms. The van der Waals surface area contributed by atoms with Gasteiger partial charge in [0.15, 0.2) is 0 Å². The predicted octanol–water partition coefficient (Wildman–Crippen LogP) is 3.79. The molecule has 1 aliphatic rings. The van der Waals surface area contributed by atoms with E-state index in [1.807, 2.05) is 0 Å². The van der Waals surface area contributed by atoms with E-state index in [0.29, 0.717) is 12.1 Å². The minimum Gasteiger partial charge on any atom is -0.393 e. The smallest absolute Gasteiger partial charge is 0.0579 e. The van der Waals surface area contributed by atoms with Gasteiger partial charge in [-0.25, -0.2) is 0 Å². The van der Waals surface area contributed by atoms with Gasteiger partial charge in [0.2, 0.25) is 0 Å². The number of rotatable bonds is 2. The first-order valence-electron chi connectivity index (χ1n) is 7.76. The van der Waals surface area contributed by atoms with Gasteiger partial charge in [-0.1, -0.05) is 12.8 Å². The molecule has 3 rings (SSSR count). The molecule has 2 heterocycles. The van der Waals surface area contributed by atoms with Gasteiger partial charge in [0, 0.05) is 36.9 Å². The lowest BCUT2D eigenvalue weighted by atomic mass is 10.0. The van der Waals surface area contributed by atoms with E-state index in [-0.39, 0.29) is 6.10 Å². The molecule has 2 aromatic heterocycles. The van der Waals surface area contributed by atoms with E-state index in [0.717, 1.165) is 12.8 Å². The Morgan fingerprint density at radius 2 is 1.10 bits per heavy atom. The highest BCUT2D eigenvalue weighted by Crippen LogP contribution is 2.30. The lowest BCUT2D eigenvalue weighted by Gasteiger charge is -2.23. The van der Waals surface area contributed by atoms with Crippen LogP contribution in [0.3, 0.4) is 0 Å². The fourth-order valence-corrected chi connectivity index (χ4v) is 3.44. The average Bonchev–Trinajstić information content (AvgIpc) is 3.14. The van der Waals surface area contributed by atoms with Crippen LogP contribution in [0.4, 0.5) is 0 Å². The molecular formula is C17H24N2O. The second-order valence-electron chi connectivity index (χ2n) is 5.98. The van der Waals surface area contributed by atoms with E-state index in [4.69, 9.17) is 0 Å². The van der Waals surface area contributed by atoms with E-state index < -0.39 is 0 Å². The molecule has 1 N–H and O–H groups in total. The summed E-state index contributed by atoms with van der Waals surface area (Å²) >= 11 is 0. The zero-order valence-corrected chi connectivity index (χ0v) is 11.9. The van der Waals surface area contributed by atoms with Crippen molar-refractivity contribution in [1.29, 1.82) is 0 Å². The van der Waals surface area contributed by atoms with Gasteiger partial charge in [0.05, 0.1) is 6.10 Å². The number of aliphatic hydroxyl groups is 1. The van der Waals surface area contributed by atoms with Crippen LogP contribution in [0, 0.1) is 0 Å². The first-order chi connectivity index (χ1) is 9.83. The van der Waals surface area contributed by atoms with Gasteiger partial charge in [0.25, 0.3) is 0 Å². The summed E-state index contributed by atoms with van der Waals surface area (Å²) in [5.41, 5.74) is 0. The molecular weight excluding hydrogens is 248 g/mol. The quantitative estimate of drug-likeness (QED) is 0.885. The number of nitrogens with zero attached hydrogens (tertiary/aromatic N) is 2. The molecule has 0 aliphatic heterocycles. The van der Waals surface area contributed by atoms with Gasteiger partial charge < -0.3 is 14.2 Å². The fourth-order valence-electron chi connectivity index (χ4n) is 3.44. The number of hydrogen-bond acceptors (Lipinski definition) is 1. The second kappa shape index (κ2) is 6.31. The van der Waals surface area contributed by atoms with Gasteiger partial charge in [-0.15, -0.1) is 0 Å². The van der Waals surface area contributed by atoms with E-state index in [1.165, 1.54) is 25.7 Å². The summed E-state index contributed by atoms with van der Waals surface area (Å²) in [7, 11) is 0. The SMILES string of the molecule is OC1CC(n2cccc2)CCCCC(n2cccc2)C1. The van der Waals surface area contributed by atoms with Gasteiger partial charge in [-0.3, -0.25) is 0 Å². The maximum absolute atomic E-state index is 10.5. The Hall–Kier alpha value is -1.48. The molecule has 0 saturated heterocycles. The molecule has 1 fully saturated rings. The van der Waals surface area contributed by atoms with Crippen molar-refractivity contribution in [3.63, 3.8) is 0 Å². The standard InChI is InChI=1S/C17H24N2O/c20-17-13-15(18-9-3-4-10-18)7-1-2-8-16(14-17)19-11-5-6-12-19/h3-6,9-12,15-17,20H,1-2,7-8,13-14H2. The summed E-state index contributed by atoms with van der Waals surface area (Å²) in [6, 6.07) is 9.18. The highest BCUT2D eigenvalue weighted by atomic mass is 16.3. The summed E-state index contributed by atoms with van der Waals surface area (Å²) in [6.45, 7) is 0. The lowest BCUT2D eigenvalue weighted by molar-refractivity contribution is 0.117. The summed E-state index contributed by atoms with van der Waals surface area (Å²) in [5.74, 6) is 0. The largest absolute Gasteiger partial charge is 0.393 e. The number of hydrogen-bond donors (Lipinski definition) is 1. The molecule has 2 aromatic rings. The molecule has 0 aromatic carbocycles. The second-order valence-corrected chi connectivity index (χ2v) is 5.98. The average molecular weight is 272 g/mol. The summed E-state index contributed by atoms with van der Waals surface area (Å²) in [6.07, 6.45) is 14.8. The third-order valence-electron chi connectivity index (χ3n) is 4.51. The van der Waals surface area contributed by atoms with Crippen molar-refractivity contribution in [3.05, 3.63) is 49.1 Å². The Morgan fingerprint density at radius 3 is 1.50 bits per heavy atom. The maximum atomic E-state index is 10.5. The minimum absolute atomic E-state index is 0.215. The molecule has 0 radical (unpaired) electrons. The van der Waals surface area contributed by atoms with Crippen molar-refractivity contribution < 1.29 is 5.11 Å². The van der Waals surface area contributed by atoms with E-state index >= 15 is 0 Å². The Labute approximate surface area is 120 Å². The topological polar surface area (TPSA) is 30.1 Å². The number of aliphatic hydroxyl groups excluding tert-OH is 1. The van der Waals surface area contributed by atoms with Crippen LogP contribution in [0.25, 0.3) is 0 Å². The molecule has 0 amide bonds. The Bertz CT molecular complexity index is 443. The highest BCUT2D eigenvalue weighted by Gasteiger charge is 2.22. The lowest BCUT2D eigenvalue weighted by Crippen LogP contribution is -2.19. The van der Waals surface area contributed by atoms with Gasteiger partial charge >= 0.3 is 0 Å². The van der Waals surface area contributed by atoms with Crippen molar-refractivity contribution in [2.75, 3.05) is 0 Å². The minimum atomic E-state index is -0.215. The first kappa shape index (κ1) is 13.5. The Kier molecular flexibility index (Phi) is 4.26. The van der Waals surface area contributed by atoms with E-state index in [2.05, 4.69) is 58.2 Å². The fraction of sp³-hybridized carbons (Fsp3) is 0.529. The number of aromatic nitrogens is 2. The predicted molar refractivity (Wildman–Crippen MR) is 80.6 cm³/mol. The first-order valence-corrected chi connectivity index (χ1v) is 7.76. The summed E-state index contributed by atoms with van der Waals surface area (Å²) in [5, 5.41) is 10.5. The molecule has 2 unspecified atom stereocenters. The van der Waals surface area contributed by atoms with Crippen molar-refractivity contribution in [1.82, 2.24) is 9.13 Å². The van der Waals surface area contributed by atoms with E-state index in [9.17, 15) is 5.11 Å². The summed E-state index contributed by atoms with van der Waals surface area (Å²) in [4.78, 5) is 0.